The molecule has 8 nitrogen and oxygen atoms in total. The number of amides is 1. The molecule has 1 spiro atoms. The van der Waals surface area contributed by atoms with E-state index in [0.717, 1.165) is 48.6 Å². The van der Waals surface area contributed by atoms with Gasteiger partial charge in [0.25, 0.3) is 5.91 Å². The van der Waals surface area contributed by atoms with E-state index in [1.807, 2.05) is 23.1 Å². The maximum absolute atomic E-state index is 13.3. The van der Waals surface area contributed by atoms with E-state index >= 15 is 0 Å². The highest BCUT2D eigenvalue weighted by atomic mass is 35.5. The van der Waals surface area contributed by atoms with Crippen molar-refractivity contribution in [3.63, 3.8) is 0 Å². The van der Waals surface area contributed by atoms with Crippen LogP contribution in [0.15, 0.2) is 48.9 Å². The smallest absolute Gasteiger partial charge is 0.254 e. The Bertz CT molecular complexity index is 1220. The fourth-order valence-electron chi connectivity index (χ4n) is 5.59. The number of nitrogens with one attached hydrogen (secondary N) is 1. The first-order valence-electron chi connectivity index (χ1n) is 11.3. The largest absolute Gasteiger partial charge is 0.333 e. The van der Waals surface area contributed by atoms with Crippen molar-refractivity contribution in [1.82, 2.24) is 30.4 Å². The van der Waals surface area contributed by atoms with E-state index in [4.69, 9.17) is 0 Å². The molecule has 33 heavy (non-hydrogen) atoms. The van der Waals surface area contributed by atoms with Crippen LogP contribution in [0.5, 0.6) is 0 Å². The molecule has 1 aromatic carbocycles. The van der Waals surface area contributed by atoms with Crippen molar-refractivity contribution >= 4 is 29.9 Å². The summed E-state index contributed by atoms with van der Waals surface area (Å²) in [6.45, 7) is 2.58. The molecule has 2 unspecified atom stereocenters. The predicted octanol–water partition coefficient (Wildman–Crippen LogP) is 2.73. The summed E-state index contributed by atoms with van der Waals surface area (Å²) < 4.78 is 0. The van der Waals surface area contributed by atoms with Crippen molar-refractivity contribution < 1.29 is 4.79 Å². The van der Waals surface area contributed by atoms with Crippen LogP contribution in [0, 0.1) is 0 Å². The van der Waals surface area contributed by atoms with Crippen LogP contribution in [0.3, 0.4) is 0 Å². The Hall–Kier alpha value is -3.10. The number of hydrogen-bond donors (Lipinski definition) is 1. The molecule has 1 aliphatic carbocycles. The molecule has 7 rings (SSSR count). The monoisotopic (exact) mass is 461 g/mol. The van der Waals surface area contributed by atoms with E-state index in [1.54, 1.807) is 18.6 Å². The molecule has 0 radical (unpaired) electrons. The number of fused-ring (bicyclic) bond motifs is 4. The number of benzene rings is 1. The van der Waals surface area contributed by atoms with Crippen LogP contribution < -0.4 is 10.2 Å². The van der Waals surface area contributed by atoms with Gasteiger partial charge < -0.3 is 15.1 Å². The predicted molar refractivity (Wildman–Crippen MR) is 126 cm³/mol. The van der Waals surface area contributed by atoms with Gasteiger partial charge in [-0.15, -0.1) is 12.4 Å². The number of hydrogen-bond acceptors (Lipinski definition) is 7. The third-order valence-electron chi connectivity index (χ3n) is 7.49. The van der Waals surface area contributed by atoms with E-state index in [0.29, 0.717) is 18.0 Å². The quantitative estimate of drug-likeness (QED) is 0.641. The van der Waals surface area contributed by atoms with Gasteiger partial charge in [0.05, 0.1) is 5.69 Å². The third kappa shape index (κ3) is 3.20. The summed E-state index contributed by atoms with van der Waals surface area (Å²) in [6.07, 6.45) is 8.65. The molecular weight excluding hydrogens is 438 g/mol. The Morgan fingerprint density at radius 2 is 2.00 bits per heavy atom. The van der Waals surface area contributed by atoms with Gasteiger partial charge in [-0.2, -0.15) is 10.2 Å². The summed E-state index contributed by atoms with van der Waals surface area (Å²) in [5.74, 6) is 0.800. The summed E-state index contributed by atoms with van der Waals surface area (Å²) in [6, 6.07) is 10.8. The van der Waals surface area contributed by atoms with Crippen molar-refractivity contribution in [1.29, 1.82) is 0 Å². The number of aromatic nitrogens is 4. The van der Waals surface area contributed by atoms with Gasteiger partial charge in [0.1, 0.15) is 0 Å². The minimum atomic E-state index is 0. The minimum Gasteiger partial charge on any atom is -0.333 e. The van der Waals surface area contributed by atoms with Crippen LogP contribution in [0.1, 0.15) is 35.2 Å². The zero-order valence-electron chi connectivity index (χ0n) is 18.0. The van der Waals surface area contributed by atoms with E-state index in [-0.39, 0.29) is 23.7 Å². The van der Waals surface area contributed by atoms with Crippen molar-refractivity contribution in [2.45, 2.75) is 36.8 Å². The van der Waals surface area contributed by atoms with Gasteiger partial charge in [-0.1, -0.05) is 6.07 Å². The maximum atomic E-state index is 13.3. The summed E-state index contributed by atoms with van der Waals surface area (Å²) in [4.78, 5) is 26.8. The first kappa shape index (κ1) is 20.5. The second kappa shape index (κ2) is 7.46. The summed E-state index contributed by atoms with van der Waals surface area (Å²) >= 11 is 0. The zero-order chi connectivity index (χ0) is 21.3. The fraction of sp³-hybridized carbons (Fsp3) is 0.375. The molecule has 4 aliphatic rings. The van der Waals surface area contributed by atoms with E-state index in [2.05, 4.69) is 42.5 Å². The topological polar surface area (TPSA) is 87.1 Å². The molecule has 1 amide bonds. The van der Waals surface area contributed by atoms with Crippen LogP contribution in [-0.4, -0.2) is 62.7 Å². The van der Waals surface area contributed by atoms with Gasteiger partial charge >= 0.3 is 0 Å². The minimum absolute atomic E-state index is 0. The Morgan fingerprint density at radius 1 is 1.15 bits per heavy atom. The SMILES string of the molecule is Cl.O=C(c1ccc2c(c1)N(c1ncc(-c3cccnn3)cn1)CC21CC1)N1CC2CC1CN2. The highest BCUT2D eigenvalue weighted by molar-refractivity contribution is 5.96. The number of carbonyl (C=O) groups is 1. The highest BCUT2D eigenvalue weighted by Crippen LogP contribution is 2.57. The molecule has 3 fully saturated rings. The molecule has 3 aliphatic heterocycles. The van der Waals surface area contributed by atoms with Crippen LogP contribution in [0.25, 0.3) is 11.3 Å². The Kier molecular flexibility index (Phi) is 4.64. The van der Waals surface area contributed by atoms with Gasteiger partial charge in [-0.25, -0.2) is 9.97 Å². The molecule has 2 bridgehead atoms. The zero-order valence-corrected chi connectivity index (χ0v) is 18.8. The van der Waals surface area contributed by atoms with Crippen LogP contribution in [0.4, 0.5) is 11.6 Å². The normalized spacial score (nSPS) is 23.5. The lowest BCUT2D eigenvalue weighted by Crippen LogP contribution is -2.46. The fourth-order valence-corrected chi connectivity index (χ4v) is 5.59. The van der Waals surface area contributed by atoms with Crippen molar-refractivity contribution in [3.8, 4) is 11.3 Å². The standard InChI is InChI=1S/C24H23N7O.ClH/c32-22(30-13-17-9-18(30)12-25-17)15-3-4-19-21(8-15)31(14-24(19)5-6-24)23-26-10-16(11-27-23)20-2-1-7-28-29-20;/h1-4,7-8,10-11,17-18,25H,5-6,9,12-14H2;1H. The van der Waals surface area contributed by atoms with E-state index in [1.165, 1.54) is 18.4 Å². The maximum Gasteiger partial charge on any atom is 0.254 e. The van der Waals surface area contributed by atoms with Gasteiger partial charge in [-0.05, 0) is 49.1 Å². The van der Waals surface area contributed by atoms with Gasteiger partial charge in [0, 0.05) is 72.5 Å². The lowest BCUT2D eigenvalue weighted by Gasteiger charge is -2.28. The highest BCUT2D eigenvalue weighted by Gasteiger charge is 2.52. The van der Waals surface area contributed by atoms with Crippen molar-refractivity contribution in [2.75, 3.05) is 24.5 Å². The van der Waals surface area contributed by atoms with Gasteiger partial charge in [0.15, 0.2) is 0 Å². The summed E-state index contributed by atoms with van der Waals surface area (Å²) in [5, 5.41) is 11.5. The molecule has 9 heteroatoms. The van der Waals surface area contributed by atoms with Gasteiger partial charge in [-0.3, -0.25) is 4.79 Å². The average molecular weight is 462 g/mol. The van der Waals surface area contributed by atoms with Crippen molar-refractivity contribution in [2.24, 2.45) is 0 Å². The Balaban J connectivity index is 0.00000206. The average Bonchev–Trinajstić information content (AvgIpc) is 3.17. The molecule has 3 aromatic rings. The van der Waals surface area contributed by atoms with Crippen LogP contribution in [0.2, 0.25) is 0 Å². The second-order valence-electron chi connectivity index (χ2n) is 9.43. The van der Waals surface area contributed by atoms with Gasteiger partial charge in [0.2, 0.25) is 5.95 Å². The number of nitrogens with zero attached hydrogens (tertiary/aromatic N) is 6. The molecule has 1 saturated carbocycles. The molecule has 1 N–H and O–H groups in total. The third-order valence-corrected chi connectivity index (χ3v) is 7.49. The molecular formula is C24H24ClN7O. The Labute approximate surface area is 197 Å². The summed E-state index contributed by atoms with van der Waals surface area (Å²) in [5.41, 5.74) is 4.92. The van der Waals surface area contributed by atoms with E-state index < -0.39 is 0 Å². The number of rotatable bonds is 3. The molecule has 168 valence electrons. The molecule has 5 heterocycles. The van der Waals surface area contributed by atoms with Crippen LogP contribution >= 0.6 is 12.4 Å². The first-order valence-corrected chi connectivity index (χ1v) is 11.3. The second-order valence-corrected chi connectivity index (χ2v) is 9.43. The lowest BCUT2D eigenvalue weighted by molar-refractivity contribution is 0.0716. The number of likely N-dealkylation sites (tertiary alicyclic amines) is 1. The molecule has 2 atom stereocenters. The van der Waals surface area contributed by atoms with E-state index in [9.17, 15) is 4.79 Å². The number of carbonyl (C=O) groups excluding carboxylic acids is 1. The number of anilines is 2. The summed E-state index contributed by atoms with van der Waals surface area (Å²) in [7, 11) is 0. The van der Waals surface area contributed by atoms with Crippen molar-refractivity contribution in [3.05, 3.63) is 60.0 Å². The molecule has 2 saturated heterocycles. The van der Waals surface area contributed by atoms with Crippen LogP contribution in [-0.2, 0) is 5.41 Å². The number of piperazine rings is 1. The number of halogens is 1. The molecule has 2 aromatic heterocycles. The lowest BCUT2D eigenvalue weighted by atomic mass is 9.97. The Morgan fingerprint density at radius 3 is 2.67 bits per heavy atom. The first-order chi connectivity index (χ1) is 15.7.